The van der Waals surface area contributed by atoms with Crippen LogP contribution in [0.25, 0.3) is 22.0 Å². The topological polar surface area (TPSA) is 69.6 Å². The Hall–Kier alpha value is -3.77. The molecule has 3 aromatic carbocycles. The van der Waals surface area contributed by atoms with Crippen molar-refractivity contribution in [2.45, 2.75) is 0 Å². The zero-order chi connectivity index (χ0) is 22.8. The number of halogens is 1. The molecule has 0 unspecified atom stereocenters. The van der Waals surface area contributed by atoms with Gasteiger partial charge in [0.05, 0.1) is 35.9 Å². The van der Waals surface area contributed by atoms with E-state index in [2.05, 4.69) is 5.32 Å². The highest BCUT2D eigenvalue weighted by atomic mass is 35.5. The third kappa shape index (κ3) is 3.69. The van der Waals surface area contributed by atoms with Crippen molar-refractivity contribution in [3.05, 3.63) is 87.5 Å². The van der Waals surface area contributed by atoms with Gasteiger partial charge in [-0.05, 0) is 42.0 Å². The maximum atomic E-state index is 13.6. The Morgan fingerprint density at radius 1 is 0.938 bits per heavy atom. The van der Waals surface area contributed by atoms with Gasteiger partial charge >= 0.3 is 0 Å². The number of pyridine rings is 1. The molecule has 0 saturated heterocycles. The molecule has 0 aliphatic carbocycles. The number of anilines is 1. The van der Waals surface area contributed by atoms with Gasteiger partial charge in [-0.3, -0.25) is 9.59 Å². The van der Waals surface area contributed by atoms with Gasteiger partial charge in [0.1, 0.15) is 5.82 Å². The van der Waals surface area contributed by atoms with Crippen LogP contribution in [-0.4, -0.2) is 24.7 Å². The van der Waals surface area contributed by atoms with Crippen LogP contribution in [0.2, 0.25) is 5.02 Å². The van der Waals surface area contributed by atoms with Crippen LogP contribution in [0.5, 0.6) is 11.5 Å². The molecule has 1 heterocycles. The lowest BCUT2D eigenvalue weighted by molar-refractivity contribution is 0.102. The molecule has 0 saturated carbocycles. The average Bonchev–Trinajstić information content (AvgIpc) is 2.82. The van der Waals surface area contributed by atoms with Gasteiger partial charge in [-0.15, -0.1) is 0 Å². The first-order chi connectivity index (χ1) is 15.5. The molecule has 1 amide bonds. The van der Waals surface area contributed by atoms with Crippen LogP contribution < -0.4 is 20.2 Å². The summed E-state index contributed by atoms with van der Waals surface area (Å²) in [6.07, 6.45) is 0. The van der Waals surface area contributed by atoms with E-state index in [-0.39, 0.29) is 5.43 Å². The van der Waals surface area contributed by atoms with Gasteiger partial charge in [-0.25, -0.2) is 0 Å². The molecule has 1 N–H and O–H groups in total. The summed E-state index contributed by atoms with van der Waals surface area (Å²) in [5.41, 5.74) is 1.72. The van der Waals surface area contributed by atoms with Gasteiger partial charge in [0.25, 0.3) is 5.91 Å². The van der Waals surface area contributed by atoms with Gasteiger partial charge in [0.2, 0.25) is 0 Å². The Balaban J connectivity index is 1.98. The van der Waals surface area contributed by atoms with Gasteiger partial charge < -0.3 is 19.4 Å². The molecule has 0 aliphatic heterocycles. The summed E-state index contributed by atoms with van der Waals surface area (Å²) in [6.45, 7) is 0. The minimum atomic E-state index is -0.414. The standard InChI is InChI=1S/C25H21ClN2O4/c1-28-19-11-7-5-9-17(19)23(29)22(15-12-13-20(31-2)21(14-15)32-3)24(28)27-25(30)16-8-4-6-10-18(16)26/h4-14H,1-3H3,(H,27,30). The minimum absolute atomic E-state index is 0.208. The van der Waals surface area contributed by atoms with Gasteiger partial charge in [-0.1, -0.05) is 41.9 Å². The number of rotatable bonds is 5. The third-order valence-electron chi connectivity index (χ3n) is 5.33. The molecule has 162 valence electrons. The summed E-state index contributed by atoms with van der Waals surface area (Å²) >= 11 is 6.22. The fraction of sp³-hybridized carbons (Fsp3) is 0.120. The van der Waals surface area contributed by atoms with Crippen LogP contribution in [0.4, 0.5) is 5.82 Å². The number of nitrogens with zero attached hydrogens (tertiary/aromatic N) is 1. The van der Waals surface area contributed by atoms with Crippen molar-refractivity contribution in [3.63, 3.8) is 0 Å². The molecule has 0 spiro atoms. The molecule has 0 aliphatic rings. The zero-order valence-electron chi connectivity index (χ0n) is 17.8. The predicted octanol–water partition coefficient (Wildman–Crippen LogP) is 5.13. The van der Waals surface area contributed by atoms with Crippen molar-refractivity contribution in [2.24, 2.45) is 7.05 Å². The highest BCUT2D eigenvalue weighted by Crippen LogP contribution is 2.35. The molecule has 7 heteroatoms. The summed E-state index contributed by atoms with van der Waals surface area (Å²) < 4.78 is 12.5. The molecule has 4 aromatic rings. The van der Waals surface area contributed by atoms with E-state index in [1.165, 1.54) is 7.11 Å². The lowest BCUT2D eigenvalue weighted by Crippen LogP contribution is -2.21. The highest BCUT2D eigenvalue weighted by Gasteiger charge is 2.21. The minimum Gasteiger partial charge on any atom is -0.493 e. The van der Waals surface area contributed by atoms with E-state index in [0.717, 1.165) is 0 Å². The first kappa shape index (κ1) is 21.5. The van der Waals surface area contributed by atoms with Crippen molar-refractivity contribution in [1.82, 2.24) is 4.57 Å². The van der Waals surface area contributed by atoms with Crippen molar-refractivity contribution >= 4 is 34.2 Å². The highest BCUT2D eigenvalue weighted by molar-refractivity contribution is 6.34. The SMILES string of the molecule is COc1ccc(-c2c(NC(=O)c3ccccc3Cl)n(C)c3ccccc3c2=O)cc1OC. The third-order valence-corrected chi connectivity index (χ3v) is 5.66. The molecule has 1 aromatic heterocycles. The average molecular weight is 449 g/mol. The Morgan fingerprint density at radius 3 is 2.34 bits per heavy atom. The first-order valence-corrected chi connectivity index (χ1v) is 10.2. The number of nitrogens with one attached hydrogen (secondary N) is 1. The number of fused-ring (bicyclic) bond motifs is 1. The second-order valence-electron chi connectivity index (χ2n) is 7.13. The summed E-state index contributed by atoms with van der Waals surface area (Å²) in [5.74, 6) is 0.951. The van der Waals surface area contributed by atoms with Crippen molar-refractivity contribution < 1.29 is 14.3 Å². The van der Waals surface area contributed by atoms with Crippen molar-refractivity contribution in [2.75, 3.05) is 19.5 Å². The number of benzene rings is 3. The quantitative estimate of drug-likeness (QED) is 0.459. The van der Waals surface area contributed by atoms with Gasteiger partial charge in [-0.2, -0.15) is 0 Å². The van der Waals surface area contributed by atoms with E-state index in [1.807, 2.05) is 18.2 Å². The zero-order valence-corrected chi connectivity index (χ0v) is 18.6. The fourth-order valence-electron chi connectivity index (χ4n) is 3.71. The summed E-state index contributed by atoms with van der Waals surface area (Å²) in [7, 11) is 4.87. The number of carbonyl (C=O) groups excluding carboxylic acids is 1. The van der Waals surface area contributed by atoms with Crippen LogP contribution >= 0.6 is 11.6 Å². The predicted molar refractivity (Wildman–Crippen MR) is 127 cm³/mol. The summed E-state index contributed by atoms with van der Waals surface area (Å²) in [4.78, 5) is 26.7. The normalized spacial score (nSPS) is 10.8. The van der Waals surface area contributed by atoms with Crippen LogP contribution in [-0.2, 0) is 7.05 Å². The number of hydrogen-bond donors (Lipinski definition) is 1. The van der Waals surface area contributed by atoms with Crippen LogP contribution in [0, 0.1) is 0 Å². The second-order valence-corrected chi connectivity index (χ2v) is 7.54. The molecule has 0 radical (unpaired) electrons. The summed E-state index contributed by atoms with van der Waals surface area (Å²) in [5, 5.41) is 3.76. The van der Waals surface area contributed by atoms with Crippen molar-refractivity contribution in [1.29, 1.82) is 0 Å². The number of hydrogen-bond acceptors (Lipinski definition) is 4. The van der Waals surface area contributed by atoms with E-state index < -0.39 is 5.91 Å². The summed E-state index contributed by atoms with van der Waals surface area (Å²) in [6, 6.07) is 19.2. The maximum Gasteiger partial charge on any atom is 0.258 e. The molecule has 32 heavy (non-hydrogen) atoms. The first-order valence-electron chi connectivity index (χ1n) is 9.86. The molecular weight excluding hydrogens is 428 g/mol. The lowest BCUT2D eigenvalue weighted by Gasteiger charge is -2.19. The monoisotopic (exact) mass is 448 g/mol. The van der Waals surface area contributed by atoms with E-state index in [4.69, 9.17) is 21.1 Å². The number of aromatic nitrogens is 1. The lowest BCUT2D eigenvalue weighted by atomic mass is 10.0. The molecule has 0 atom stereocenters. The molecule has 0 fully saturated rings. The Bertz CT molecular complexity index is 1390. The molecule has 6 nitrogen and oxygen atoms in total. The fourth-order valence-corrected chi connectivity index (χ4v) is 3.94. The number of para-hydroxylation sites is 1. The van der Waals surface area contributed by atoms with E-state index >= 15 is 0 Å². The van der Waals surface area contributed by atoms with Crippen LogP contribution in [0.1, 0.15) is 10.4 Å². The van der Waals surface area contributed by atoms with E-state index in [0.29, 0.717) is 49.9 Å². The van der Waals surface area contributed by atoms with Crippen molar-refractivity contribution in [3.8, 4) is 22.6 Å². The number of methoxy groups -OCH3 is 2. The number of amides is 1. The van der Waals surface area contributed by atoms with Gasteiger partial charge in [0, 0.05) is 12.4 Å². The molecule has 0 bridgehead atoms. The Labute approximate surface area is 190 Å². The largest absolute Gasteiger partial charge is 0.493 e. The number of aryl methyl sites for hydroxylation is 1. The Kier molecular flexibility index (Phi) is 5.88. The van der Waals surface area contributed by atoms with Crippen LogP contribution in [0.3, 0.4) is 0 Å². The van der Waals surface area contributed by atoms with E-state index in [9.17, 15) is 9.59 Å². The van der Waals surface area contributed by atoms with E-state index in [1.54, 1.807) is 67.3 Å². The smallest absolute Gasteiger partial charge is 0.258 e. The molecule has 4 rings (SSSR count). The maximum absolute atomic E-state index is 13.6. The molecular formula is C25H21ClN2O4. The van der Waals surface area contributed by atoms with Crippen LogP contribution in [0.15, 0.2) is 71.5 Å². The number of ether oxygens (including phenoxy) is 2. The Morgan fingerprint density at radius 2 is 1.62 bits per heavy atom. The number of carbonyl (C=O) groups is 1. The van der Waals surface area contributed by atoms with Gasteiger partial charge in [0.15, 0.2) is 16.9 Å². The second kappa shape index (κ2) is 8.77.